The van der Waals surface area contributed by atoms with Gasteiger partial charge in [-0.2, -0.15) is 0 Å². The first-order valence-corrected chi connectivity index (χ1v) is 5.41. The van der Waals surface area contributed by atoms with Crippen molar-refractivity contribution in [2.45, 2.75) is 32.7 Å². The summed E-state index contributed by atoms with van der Waals surface area (Å²) in [5, 5.41) is 12.3. The fraction of sp³-hybridized carbons (Fsp3) is 0.545. The molecule has 0 fully saturated rings. The third-order valence-corrected chi connectivity index (χ3v) is 2.33. The van der Waals surface area contributed by atoms with Crippen molar-refractivity contribution < 1.29 is 19.2 Å². The summed E-state index contributed by atoms with van der Waals surface area (Å²) in [6.45, 7) is 3.91. The van der Waals surface area contributed by atoms with Gasteiger partial charge in [-0.1, -0.05) is 5.16 Å². The lowest BCUT2D eigenvalue weighted by Gasteiger charge is -2.25. The predicted molar refractivity (Wildman–Crippen MR) is 59.3 cm³/mol. The van der Waals surface area contributed by atoms with Crippen molar-refractivity contribution in [2.24, 2.45) is 0 Å². The Morgan fingerprint density at radius 1 is 1.53 bits per heavy atom. The van der Waals surface area contributed by atoms with Gasteiger partial charge in [0.15, 0.2) is 0 Å². The third-order valence-electron chi connectivity index (χ3n) is 2.33. The van der Waals surface area contributed by atoms with Crippen molar-refractivity contribution in [3.05, 3.63) is 18.0 Å². The Balaban J connectivity index is 2.57. The molecule has 0 radical (unpaired) electrons. The molecule has 1 rings (SSSR count). The molecule has 0 aliphatic carbocycles. The molecule has 0 bridgehead atoms. The van der Waals surface area contributed by atoms with Gasteiger partial charge in [0.2, 0.25) is 5.91 Å². The molecule has 0 atom stereocenters. The molecule has 6 heteroatoms. The number of aliphatic carboxylic acids is 1. The number of carboxylic acids is 1. The van der Waals surface area contributed by atoms with Gasteiger partial charge in [-0.3, -0.25) is 9.59 Å². The molecule has 1 aromatic rings. The van der Waals surface area contributed by atoms with Crippen LogP contribution in [0.3, 0.4) is 0 Å². The van der Waals surface area contributed by atoms with E-state index in [2.05, 4.69) is 9.68 Å². The molecular formula is C11H16N2O4. The van der Waals surface area contributed by atoms with Gasteiger partial charge in [0.1, 0.15) is 6.26 Å². The summed E-state index contributed by atoms with van der Waals surface area (Å²) in [7, 11) is 0. The van der Waals surface area contributed by atoms with Gasteiger partial charge in [0, 0.05) is 18.7 Å². The van der Waals surface area contributed by atoms with Crippen LogP contribution in [-0.4, -0.2) is 39.6 Å². The molecule has 17 heavy (non-hydrogen) atoms. The van der Waals surface area contributed by atoms with E-state index in [4.69, 9.17) is 5.11 Å². The molecule has 0 saturated carbocycles. The zero-order valence-corrected chi connectivity index (χ0v) is 9.92. The Hall–Kier alpha value is -1.85. The number of rotatable bonds is 6. The van der Waals surface area contributed by atoms with Crippen molar-refractivity contribution in [1.82, 2.24) is 10.1 Å². The van der Waals surface area contributed by atoms with Crippen LogP contribution in [0.25, 0.3) is 0 Å². The zero-order valence-electron chi connectivity index (χ0n) is 9.92. The quantitative estimate of drug-likeness (QED) is 0.799. The highest BCUT2D eigenvalue weighted by Gasteiger charge is 2.18. The van der Waals surface area contributed by atoms with E-state index in [-0.39, 0.29) is 31.3 Å². The minimum absolute atomic E-state index is 0.0336. The first-order chi connectivity index (χ1) is 8.00. The number of carbonyl (C=O) groups is 2. The molecule has 1 aromatic heterocycles. The molecule has 6 nitrogen and oxygen atoms in total. The first kappa shape index (κ1) is 13.2. The van der Waals surface area contributed by atoms with Crippen molar-refractivity contribution in [3.63, 3.8) is 0 Å². The summed E-state index contributed by atoms with van der Waals surface area (Å²) in [4.78, 5) is 23.9. The van der Waals surface area contributed by atoms with Gasteiger partial charge in [0.05, 0.1) is 18.5 Å². The molecule has 0 aliphatic heterocycles. The molecule has 0 saturated heterocycles. The smallest absolute Gasteiger partial charge is 0.305 e. The standard InChI is InChI=1S/C11H16N2O4/c1-8(2)13(5-3-11(15)16)10(14)7-9-4-6-17-12-9/h4,6,8H,3,5,7H2,1-2H3,(H,15,16). The van der Waals surface area contributed by atoms with Crippen LogP contribution in [0.5, 0.6) is 0 Å². The molecule has 94 valence electrons. The van der Waals surface area contributed by atoms with Crippen molar-refractivity contribution in [3.8, 4) is 0 Å². The van der Waals surface area contributed by atoms with Crippen molar-refractivity contribution in [1.29, 1.82) is 0 Å². The van der Waals surface area contributed by atoms with Crippen LogP contribution in [0.15, 0.2) is 16.9 Å². The fourth-order valence-electron chi connectivity index (χ4n) is 1.47. The summed E-state index contributed by atoms with van der Waals surface area (Å²) < 4.78 is 4.64. The lowest BCUT2D eigenvalue weighted by atomic mass is 10.2. The minimum atomic E-state index is -0.912. The molecule has 0 aromatic carbocycles. The van der Waals surface area contributed by atoms with Gasteiger partial charge in [-0.25, -0.2) is 0 Å². The van der Waals surface area contributed by atoms with Crippen LogP contribution < -0.4 is 0 Å². The van der Waals surface area contributed by atoms with Crippen LogP contribution >= 0.6 is 0 Å². The Bertz CT molecular complexity index is 373. The Morgan fingerprint density at radius 2 is 2.24 bits per heavy atom. The van der Waals surface area contributed by atoms with Gasteiger partial charge < -0.3 is 14.5 Å². The number of amides is 1. The summed E-state index contributed by atoms with van der Waals surface area (Å²) in [6, 6.07) is 1.59. The van der Waals surface area contributed by atoms with Gasteiger partial charge in [0.25, 0.3) is 0 Å². The normalized spacial score (nSPS) is 10.5. The number of carboxylic acid groups (broad SMARTS) is 1. The molecule has 1 amide bonds. The van der Waals surface area contributed by atoms with Crippen LogP contribution in [0.4, 0.5) is 0 Å². The van der Waals surface area contributed by atoms with Crippen LogP contribution in [0.1, 0.15) is 26.0 Å². The SMILES string of the molecule is CC(C)N(CCC(=O)O)C(=O)Cc1ccon1. The van der Waals surface area contributed by atoms with E-state index in [1.165, 1.54) is 11.2 Å². The molecule has 0 spiro atoms. The highest BCUT2D eigenvalue weighted by atomic mass is 16.5. The maximum atomic E-state index is 11.9. The van der Waals surface area contributed by atoms with Crippen molar-refractivity contribution >= 4 is 11.9 Å². The van der Waals surface area contributed by atoms with E-state index in [1.807, 2.05) is 13.8 Å². The Morgan fingerprint density at radius 3 is 2.71 bits per heavy atom. The van der Waals surface area contributed by atoms with Gasteiger partial charge in [-0.05, 0) is 13.8 Å². The fourth-order valence-corrected chi connectivity index (χ4v) is 1.47. The second-order valence-corrected chi connectivity index (χ2v) is 3.99. The number of hydrogen-bond donors (Lipinski definition) is 1. The lowest BCUT2D eigenvalue weighted by Crippen LogP contribution is -2.39. The van der Waals surface area contributed by atoms with E-state index in [0.29, 0.717) is 5.69 Å². The highest BCUT2D eigenvalue weighted by Crippen LogP contribution is 2.05. The maximum absolute atomic E-state index is 11.9. The average molecular weight is 240 g/mol. The second-order valence-electron chi connectivity index (χ2n) is 3.99. The average Bonchev–Trinajstić information content (AvgIpc) is 2.69. The van der Waals surface area contributed by atoms with E-state index >= 15 is 0 Å². The molecule has 0 unspecified atom stereocenters. The number of hydrogen-bond acceptors (Lipinski definition) is 4. The molecule has 0 aliphatic rings. The van der Waals surface area contributed by atoms with Crippen LogP contribution in [0.2, 0.25) is 0 Å². The monoisotopic (exact) mass is 240 g/mol. The number of carbonyl (C=O) groups excluding carboxylic acids is 1. The summed E-state index contributed by atoms with van der Waals surface area (Å²) in [5.41, 5.74) is 0.552. The van der Waals surface area contributed by atoms with E-state index < -0.39 is 5.97 Å². The van der Waals surface area contributed by atoms with E-state index in [1.54, 1.807) is 6.07 Å². The van der Waals surface area contributed by atoms with Crippen LogP contribution in [-0.2, 0) is 16.0 Å². The molecular weight excluding hydrogens is 224 g/mol. The summed E-state index contributed by atoms with van der Waals surface area (Å²) >= 11 is 0. The molecule has 1 N–H and O–H groups in total. The highest BCUT2D eigenvalue weighted by molar-refractivity contribution is 5.79. The largest absolute Gasteiger partial charge is 0.481 e. The minimum Gasteiger partial charge on any atom is -0.481 e. The van der Waals surface area contributed by atoms with E-state index in [9.17, 15) is 9.59 Å². The number of nitrogens with zero attached hydrogens (tertiary/aromatic N) is 2. The summed E-state index contributed by atoms with van der Waals surface area (Å²) in [5.74, 6) is -1.06. The zero-order chi connectivity index (χ0) is 12.8. The van der Waals surface area contributed by atoms with E-state index in [0.717, 1.165) is 0 Å². The Kier molecular flexibility index (Phi) is 4.68. The summed E-state index contributed by atoms with van der Waals surface area (Å²) in [6.07, 6.45) is 1.48. The second kappa shape index (κ2) is 6.03. The molecule has 1 heterocycles. The topological polar surface area (TPSA) is 83.6 Å². The maximum Gasteiger partial charge on any atom is 0.305 e. The van der Waals surface area contributed by atoms with Crippen LogP contribution in [0, 0.1) is 0 Å². The third kappa shape index (κ3) is 4.26. The van der Waals surface area contributed by atoms with Crippen molar-refractivity contribution in [2.75, 3.05) is 6.54 Å². The Labute approximate surface area is 99.2 Å². The first-order valence-electron chi connectivity index (χ1n) is 5.41. The predicted octanol–water partition coefficient (Wildman–Crippen LogP) is 0.929. The van der Waals surface area contributed by atoms with Gasteiger partial charge >= 0.3 is 5.97 Å². The van der Waals surface area contributed by atoms with Gasteiger partial charge in [-0.15, -0.1) is 0 Å². The lowest BCUT2D eigenvalue weighted by molar-refractivity contribution is -0.139. The number of aromatic nitrogens is 1.